The SMILES string of the molecule is CCCCCCOc1ccc(-c2ccc(CCc3ccc(C)c(F)c3F)cc2)cc1F. The van der Waals surface area contributed by atoms with E-state index in [1.165, 1.54) is 6.07 Å². The zero-order valence-electron chi connectivity index (χ0n) is 18.2. The van der Waals surface area contributed by atoms with E-state index in [0.29, 0.717) is 30.6 Å². The normalized spacial score (nSPS) is 11.0. The van der Waals surface area contributed by atoms with Gasteiger partial charge in [0.2, 0.25) is 0 Å². The van der Waals surface area contributed by atoms with Gasteiger partial charge >= 0.3 is 0 Å². The number of ether oxygens (including phenoxy) is 1. The highest BCUT2D eigenvalue weighted by molar-refractivity contribution is 5.64. The van der Waals surface area contributed by atoms with Gasteiger partial charge in [0, 0.05) is 0 Å². The van der Waals surface area contributed by atoms with E-state index >= 15 is 0 Å². The molecule has 0 aliphatic heterocycles. The molecule has 0 aliphatic carbocycles. The minimum atomic E-state index is -0.775. The topological polar surface area (TPSA) is 9.23 Å². The van der Waals surface area contributed by atoms with Crippen molar-refractivity contribution in [1.29, 1.82) is 0 Å². The Morgan fingerprint density at radius 2 is 1.48 bits per heavy atom. The zero-order valence-corrected chi connectivity index (χ0v) is 18.2. The Hall–Kier alpha value is -2.75. The highest BCUT2D eigenvalue weighted by atomic mass is 19.2. The van der Waals surface area contributed by atoms with Crippen LogP contribution in [-0.4, -0.2) is 6.61 Å². The molecule has 0 saturated carbocycles. The van der Waals surface area contributed by atoms with Crippen molar-refractivity contribution >= 4 is 0 Å². The summed E-state index contributed by atoms with van der Waals surface area (Å²) < 4.78 is 47.7. The smallest absolute Gasteiger partial charge is 0.165 e. The number of rotatable bonds is 10. The van der Waals surface area contributed by atoms with E-state index in [9.17, 15) is 13.2 Å². The third-order valence-corrected chi connectivity index (χ3v) is 5.51. The van der Waals surface area contributed by atoms with Crippen molar-refractivity contribution in [2.75, 3.05) is 6.61 Å². The van der Waals surface area contributed by atoms with Crippen LogP contribution in [0.25, 0.3) is 11.1 Å². The van der Waals surface area contributed by atoms with Crippen molar-refractivity contribution in [3.05, 3.63) is 88.7 Å². The van der Waals surface area contributed by atoms with Gasteiger partial charge in [-0.25, -0.2) is 13.2 Å². The van der Waals surface area contributed by atoms with Crippen LogP contribution in [0.4, 0.5) is 13.2 Å². The maximum absolute atomic E-state index is 14.4. The molecule has 31 heavy (non-hydrogen) atoms. The highest BCUT2D eigenvalue weighted by Crippen LogP contribution is 2.27. The molecule has 0 spiro atoms. The van der Waals surface area contributed by atoms with Crippen LogP contribution in [0.15, 0.2) is 54.6 Å². The second-order valence-electron chi connectivity index (χ2n) is 7.92. The van der Waals surface area contributed by atoms with Gasteiger partial charge in [-0.3, -0.25) is 0 Å². The Bertz CT molecular complexity index is 996. The average molecular weight is 427 g/mol. The Kier molecular flexibility index (Phi) is 8.16. The summed E-state index contributed by atoms with van der Waals surface area (Å²) in [7, 11) is 0. The fraction of sp³-hybridized carbons (Fsp3) is 0.333. The van der Waals surface area contributed by atoms with Gasteiger partial charge in [0.05, 0.1) is 6.61 Å². The van der Waals surface area contributed by atoms with Gasteiger partial charge in [0.25, 0.3) is 0 Å². The molecule has 0 atom stereocenters. The predicted octanol–water partition coefficient (Wildman–Crippen LogP) is 7.82. The number of benzene rings is 3. The summed E-state index contributed by atoms with van der Waals surface area (Å²) in [6, 6.07) is 16.0. The van der Waals surface area contributed by atoms with Gasteiger partial charge < -0.3 is 4.74 Å². The van der Waals surface area contributed by atoms with Crippen LogP contribution in [0.5, 0.6) is 5.75 Å². The predicted molar refractivity (Wildman–Crippen MR) is 120 cm³/mol. The summed E-state index contributed by atoms with van der Waals surface area (Å²) >= 11 is 0. The molecule has 0 bridgehead atoms. The summed E-state index contributed by atoms with van der Waals surface area (Å²) in [5.41, 5.74) is 3.36. The van der Waals surface area contributed by atoms with Crippen molar-refractivity contribution in [1.82, 2.24) is 0 Å². The Labute approximate surface area is 182 Å². The van der Waals surface area contributed by atoms with Crippen LogP contribution in [-0.2, 0) is 12.8 Å². The lowest BCUT2D eigenvalue weighted by Gasteiger charge is -2.10. The average Bonchev–Trinajstić information content (AvgIpc) is 2.78. The van der Waals surface area contributed by atoms with Crippen LogP contribution < -0.4 is 4.74 Å². The summed E-state index contributed by atoms with van der Waals surface area (Å²) in [6.07, 6.45) is 5.35. The molecule has 1 nitrogen and oxygen atoms in total. The molecule has 3 aromatic rings. The maximum atomic E-state index is 14.4. The van der Waals surface area contributed by atoms with Crippen LogP contribution in [0.1, 0.15) is 49.3 Å². The van der Waals surface area contributed by atoms with Gasteiger partial charge in [0.15, 0.2) is 23.2 Å². The van der Waals surface area contributed by atoms with Gasteiger partial charge in [-0.15, -0.1) is 0 Å². The van der Waals surface area contributed by atoms with Crippen LogP contribution >= 0.6 is 0 Å². The quantitative estimate of drug-likeness (QED) is 0.300. The molecule has 0 saturated heterocycles. The van der Waals surface area contributed by atoms with Gasteiger partial charge in [-0.05, 0) is 66.1 Å². The minimum Gasteiger partial charge on any atom is -0.491 e. The van der Waals surface area contributed by atoms with E-state index in [2.05, 4.69) is 6.92 Å². The van der Waals surface area contributed by atoms with E-state index in [4.69, 9.17) is 4.74 Å². The van der Waals surface area contributed by atoms with Crippen LogP contribution in [0, 0.1) is 24.4 Å². The molecule has 0 N–H and O–H groups in total. The van der Waals surface area contributed by atoms with Crippen LogP contribution in [0.2, 0.25) is 0 Å². The molecular formula is C27H29F3O. The first kappa shape index (κ1) is 22.9. The van der Waals surface area contributed by atoms with E-state index in [1.54, 1.807) is 25.1 Å². The minimum absolute atomic E-state index is 0.282. The van der Waals surface area contributed by atoms with Crippen LogP contribution in [0.3, 0.4) is 0 Å². The first-order valence-corrected chi connectivity index (χ1v) is 10.9. The molecule has 4 heteroatoms. The van der Waals surface area contributed by atoms with E-state index < -0.39 is 11.6 Å². The number of aryl methyl sites for hydroxylation is 3. The van der Waals surface area contributed by atoms with E-state index in [1.807, 2.05) is 30.3 Å². The first-order chi connectivity index (χ1) is 15.0. The lowest BCUT2D eigenvalue weighted by Crippen LogP contribution is -2.00. The lowest BCUT2D eigenvalue weighted by atomic mass is 9.99. The molecule has 164 valence electrons. The summed E-state index contributed by atoms with van der Waals surface area (Å²) in [4.78, 5) is 0. The van der Waals surface area contributed by atoms with Gasteiger partial charge in [0.1, 0.15) is 0 Å². The summed E-state index contributed by atoms with van der Waals surface area (Å²) in [6.45, 7) is 4.23. The van der Waals surface area contributed by atoms with Gasteiger partial charge in [-0.1, -0.05) is 68.7 Å². The van der Waals surface area contributed by atoms with E-state index in [-0.39, 0.29) is 11.6 Å². The summed E-state index contributed by atoms with van der Waals surface area (Å²) in [5.74, 6) is -1.62. The van der Waals surface area contributed by atoms with E-state index in [0.717, 1.165) is 42.4 Å². The molecule has 0 amide bonds. The second kappa shape index (κ2) is 11.0. The number of halogens is 3. The Morgan fingerprint density at radius 1 is 0.742 bits per heavy atom. The maximum Gasteiger partial charge on any atom is 0.165 e. The molecule has 3 aromatic carbocycles. The first-order valence-electron chi connectivity index (χ1n) is 10.9. The number of unbranched alkanes of at least 4 members (excludes halogenated alkanes) is 3. The van der Waals surface area contributed by atoms with Crippen molar-refractivity contribution in [3.63, 3.8) is 0 Å². The molecule has 0 radical (unpaired) electrons. The standard InChI is InChI=1S/C27H29F3O/c1-3-4-5-6-17-31-25-16-15-23(18-24(25)28)21-12-8-20(9-13-21)10-14-22-11-7-19(2)26(29)27(22)30/h7-9,11-13,15-16,18H,3-6,10,14,17H2,1-2H3. The number of hydrogen-bond donors (Lipinski definition) is 0. The molecule has 0 unspecified atom stereocenters. The second-order valence-corrected chi connectivity index (χ2v) is 7.92. The highest BCUT2D eigenvalue weighted by Gasteiger charge is 2.11. The zero-order chi connectivity index (χ0) is 22.2. The van der Waals surface area contributed by atoms with Crippen molar-refractivity contribution in [3.8, 4) is 16.9 Å². The molecule has 0 fully saturated rings. The monoisotopic (exact) mass is 426 g/mol. The molecule has 3 rings (SSSR count). The third-order valence-electron chi connectivity index (χ3n) is 5.51. The Balaban J connectivity index is 1.59. The fourth-order valence-electron chi connectivity index (χ4n) is 3.53. The van der Waals surface area contributed by atoms with Gasteiger partial charge in [-0.2, -0.15) is 0 Å². The van der Waals surface area contributed by atoms with Crippen molar-refractivity contribution in [2.45, 2.75) is 52.4 Å². The molecule has 0 aliphatic rings. The van der Waals surface area contributed by atoms with Crippen molar-refractivity contribution in [2.24, 2.45) is 0 Å². The summed E-state index contributed by atoms with van der Waals surface area (Å²) in [5, 5.41) is 0. The third kappa shape index (κ3) is 6.13. The molecule has 0 heterocycles. The molecule has 0 aromatic heterocycles. The van der Waals surface area contributed by atoms with Crippen molar-refractivity contribution < 1.29 is 17.9 Å². The number of hydrogen-bond acceptors (Lipinski definition) is 1. The fourth-order valence-corrected chi connectivity index (χ4v) is 3.53. The lowest BCUT2D eigenvalue weighted by molar-refractivity contribution is 0.290. The largest absolute Gasteiger partial charge is 0.491 e. The molecular weight excluding hydrogens is 397 g/mol. The Morgan fingerprint density at radius 3 is 2.19 bits per heavy atom.